The second kappa shape index (κ2) is 4.09. The Morgan fingerprint density at radius 2 is 2.17 bits per heavy atom. The summed E-state index contributed by atoms with van der Waals surface area (Å²) in [6.07, 6.45) is 0. The number of methoxy groups -OCH3 is 1. The number of benzene rings is 1. The molecule has 0 fully saturated rings. The van der Waals surface area contributed by atoms with Gasteiger partial charge in [-0.3, -0.25) is 0 Å². The maximum absolute atomic E-state index is 5.73. The lowest BCUT2D eigenvalue weighted by atomic mass is 10.1. The summed E-state index contributed by atoms with van der Waals surface area (Å²) in [7, 11) is 1.67. The van der Waals surface area contributed by atoms with E-state index in [1.165, 1.54) is 0 Å². The molecule has 1 rings (SSSR count). The number of rotatable bonds is 2. The zero-order valence-electron chi connectivity index (χ0n) is 7.17. The van der Waals surface area contributed by atoms with Crippen LogP contribution >= 0.6 is 22.6 Å². The van der Waals surface area contributed by atoms with Crippen molar-refractivity contribution in [3.8, 4) is 5.75 Å². The topological polar surface area (TPSA) is 35.2 Å². The summed E-state index contributed by atoms with van der Waals surface area (Å²) < 4.78 is 6.28. The van der Waals surface area contributed by atoms with E-state index >= 15 is 0 Å². The van der Waals surface area contributed by atoms with Gasteiger partial charge in [-0.15, -0.1) is 0 Å². The molecule has 0 aliphatic rings. The molecular weight excluding hydrogens is 265 g/mol. The molecule has 0 amide bonds. The van der Waals surface area contributed by atoms with Crippen LogP contribution in [0.1, 0.15) is 18.5 Å². The first kappa shape index (κ1) is 9.80. The van der Waals surface area contributed by atoms with Gasteiger partial charge in [-0.2, -0.15) is 0 Å². The van der Waals surface area contributed by atoms with Crippen molar-refractivity contribution in [3.05, 3.63) is 27.3 Å². The maximum atomic E-state index is 5.73. The van der Waals surface area contributed by atoms with Crippen molar-refractivity contribution < 1.29 is 4.74 Å². The molecule has 1 aromatic rings. The predicted molar refractivity (Wildman–Crippen MR) is 58.3 cm³/mol. The molecule has 0 spiro atoms. The summed E-state index contributed by atoms with van der Waals surface area (Å²) in [4.78, 5) is 0. The van der Waals surface area contributed by atoms with Crippen LogP contribution < -0.4 is 10.5 Å². The standard InChI is InChI=1S/C9H12INO/c1-6(11)7-3-4-8(10)9(5-7)12-2/h3-6H,11H2,1-2H3/t6-/m1/s1. The van der Waals surface area contributed by atoms with E-state index in [1.807, 2.05) is 25.1 Å². The normalized spacial score (nSPS) is 12.7. The van der Waals surface area contributed by atoms with Gasteiger partial charge in [0.05, 0.1) is 10.7 Å². The first-order chi connectivity index (χ1) is 5.65. The van der Waals surface area contributed by atoms with Crippen LogP contribution in [0.25, 0.3) is 0 Å². The van der Waals surface area contributed by atoms with E-state index in [-0.39, 0.29) is 6.04 Å². The van der Waals surface area contributed by atoms with Crippen LogP contribution in [0.2, 0.25) is 0 Å². The summed E-state index contributed by atoms with van der Waals surface area (Å²) in [5, 5.41) is 0. The molecule has 0 radical (unpaired) electrons. The first-order valence-corrected chi connectivity index (χ1v) is 4.82. The Labute approximate surface area is 86.2 Å². The highest BCUT2D eigenvalue weighted by Gasteiger charge is 2.03. The molecule has 0 aliphatic heterocycles. The van der Waals surface area contributed by atoms with E-state index in [0.29, 0.717) is 0 Å². The third kappa shape index (κ3) is 2.10. The lowest BCUT2D eigenvalue weighted by molar-refractivity contribution is 0.411. The van der Waals surface area contributed by atoms with Crippen LogP contribution in [0.3, 0.4) is 0 Å². The van der Waals surface area contributed by atoms with E-state index in [1.54, 1.807) is 7.11 Å². The number of hydrogen-bond acceptors (Lipinski definition) is 2. The average molecular weight is 277 g/mol. The molecule has 0 bridgehead atoms. The zero-order valence-corrected chi connectivity index (χ0v) is 9.33. The van der Waals surface area contributed by atoms with Crippen LogP contribution in [0, 0.1) is 3.57 Å². The van der Waals surface area contributed by atoms with Crippen molar-refractivity contribution in [3.63, 3.8) is 0 Å². The van der Waals surface area contributed by atoms with Gasteiger partial charge < -0.3 is 10.5 Å². The van der Waals surface area contributed by atoms with E-state index in [0.717, 1.165) is 14.9 Å². The minimum Gasteiger partial charge on any atom is -0.496 e. The second-order valence-electron chi connectivity index (χ2n) is 2.68. The highest BCUT2D eigenvalue weighted by molar-refractivity contribution is 14.1. The molecule has 0 saturated carbocycles. The molecule has 0 saturated heterocycles. The van der Waals surface area contributed by atoms with Crippen molar-refractivity contribution in [2.24, 2.45) is 5.73 Å². The largest absolute Gasteiger partial charge is 0.496 e. The van der Waals surface area contributed by atoms with Crippen molar-refractivity contribution in [2.45, 2.75) is 13.0 Å². The summed E-state index contributed by atoms with van der Waals surface area (Å²) in [6.45, 7) is 1.96. The molecule has 66 valence electrons. The Balaban J connectivity index is 3.05. The SMILES string of the molecule is COc1cc([C@@H](C)N)ccc1I. The van der Waals surface area contributed by atoms with Gasteiger partial charge in [0.15, 0.2) is 0 Å². The fourth-order valence-corrected chi connectivity index (χ4v) is 1.52. The number of nitrogens with two attached hydrogens (primary N) is 1. The van der Waals surface area contributed by atoms with Crippen LogP contribution in [-0.4, -0.2) is 7.11 Å². The minimum atomic E-state index is 0.0656. The predicted octanol–water partition coefficient (Wildman–Crippen LogP) is 2.32. The molecular formula is C9H12INO. The highest BCUT2D eigenvalue weighted by Crippen LogP contribution is 2.23. The van der Waals surface area contributed by atoms with Gasteiger partial charge >= 0.3 is 0 Å². The zero-order chi connectivity index (χ0) is 9.14. The van der Waals surface area contributed by atoms with Crippen molar-refractivity contribution >= 4 is 22.6 Å². The molecule has 2 N–H and O–H groups in total. The Hall–Kier alpha value is -0.290. The van der Waals surface area contributed by atoms with Gasteiger partial charge in [-0.05, 0) is 47.2 Å². The average Bonchev–Trinajstić information content (AvgIpc) is 2.05. The van der Waals surface area contributed by atoms with E-state index < -0.39 is 0 Å². The first-order valence-electron chi connectivity index (χ1n) is 3.74. The molecule has 0 aromatic heterocycles. The fourth-order valence-electron chi connectivity index (χ4n) is 0.960. The van der Waals surface area contributed by atoms with E-state index in [2.05, 4.69) is 22.6 Å². The Bertz CT molecular complexity index is 273. The van der Waals surface area contributed by atoms with Crippen LogP contribution in [-0.2, 0) is 0 Å². The number of hydrogen-bond donors (Lipinski definition) is 1. The second-order valence-corrected chi connectivity index (χ2v) is 3.84. The Morgan fingerprint density at radius 3 is 2.67 bits per heavy atom. The third-order valence-corrected chi connectivity index (χ3v) is 2.59. The molecule has 12 heavy (non-hydrogen) atoms. The lowest BCUT2D eigenvalue weighted by Gasteiger charge is -2.08. The van der Waals surface area contributed by atoms with Gasteiger partial charge in [-0.1, -0.05) is 6.07 Å². The lowest BCUT2D eigenvalue weighted by Crippen LogP contribution is -2.05. The summed E-state index contributed by atoms with van der Waals surface area (Å²) in [5.41, 5.74) is 6.83. The minimum absolute atomic E-state index is 0.0656. The molecule has 2 nitrogen and oxygen atoms in total. The van der Waals surface area contributed by atoms with E-state index in [4.69, 9.17) is 10.5 Å². The molecule has 1 aromatic carbocycles. The summed E-state index contributed by atoms with van der Waals surface area (Å²) >= 11 is 2.23. The molecule has 0 unspecified atom stereocenters. The van der Waals surface area contributed by atoms with Gasteiger partial charge in [0, 0.05) is 6.04 Å². The van der Waals surface area contributed by atoms with Crippen molar-refractivity contribution in [2.75, 3.05) is 7.11 Å². The molecule has 0 aliphatic carbocycles. The maximum Gasteiger partial charge on any atom is 0.132 e. The van der Waals surface area contributed by atoms with Crippen LogP contribution in [0.15, 0.2) is 18.2 Å². The quantitative estimate of drug-likeness (QED) is 0.842. The number of halogens is 1. The van der Waals surface area contributed by atoms with Gasteiger partial charge in [-0.25, -0.2) is 0 Å². The number of ether oxygens (including phenoxy) is 1. The van der Waals surface area contributed by atoms with Gasteiger partial charge in [0.2, 0.25) is 0 Å². The van der Waals surface area contributed by atoms with E-state index in [9.17, 15) is 0 Å². The van der Waals surface area contributed by atoms with Crippen molar-refractivity contribution in [1.82, 2.24) is 0 Å². The summed E-state index contributed by atoms with van der Waals surface area (Å²) in [5.74, 6) is 0.894. The van der Waals surface area contributed by atoms with Crippen LogP contribution in [0.5, 0.6) is 5.75 Å². The van der Waals surface area contributed by atoms with Crippen LogP contribution in [0.4, 0.5) is 0 Å². The van der Waals surface area contributed by atoms with Gasteiger partial charge in [0.1, 0.15) is 5.75 Å². The summed E-state index contributed by atoms with van der Waals surface area (Å²) in [6, 6.07) is 6.08. The third-order valence-electron chi connectivity index (χ3n) is 1.70. The molecule has 1 atom stereocenters. The monoisotopic (exact) mass is 277 g/mol. The molecule has 0 heterocycles. The van der Waals surface area contributed by atoms with Gasteiger partial charge in [0.25, 0.3) is 0 Å². The fraction of sp³-hybridized carbons (Fsp3) is 0.333. The Kier molecular flexibility index (Phi) is 3.34. The molecule has 3 heteroatoms. The Morgan fingerprint density at radius 1 is 1.50 bits per heavy atom. The highest BCUT2D eigenvalue weighted by atomic mass is 127. The smallest absolute Gasteiger partial charge is 0.132 e. The van der Waals surface area contributed by atoms with Crippen molar-refractivity contribution in [1.29, 1.82) is 0 Å².